The second kappa shape index (κ2) is 10.8. The molecule has 3 amide bonds. The molecule has 0 radical (unpaired) electrons. The highest BCUT2D eigenvalue weighted by Gasteiger charge is 2.28. The van der Waals surface area contributed by atoms with Crippen molar-refractivity contribution in [2.45, 2.75) is 32.1 Å². The molecule has 1 fully saturated rings. The van der Waals surface area contributed by atoms with Gasteiger partial charge in [-0.25, -0.2) is 0 Å². The van der Waals surface area contributed by atoms with Crippen molar-refractivity contribution >= 4 is 29.1 Å². The van der Waals surface area contributed by atoms with Gasteiger partial charge in [0.15, 0.2) is 0 Å². The van der Waals surface area contributed by atoms with E-state index in [0.717, 1.165) is 24.1 Å². The van der Waals surface area contributed by atoms with Crippen LogP contribution in [0.5, 0.6) is 0 Å². The van der Waals surface area contributed by atoms with Gasteiger partial charge in [0.25, 0.3) is 5.91 Å². The molecule has 0 atom stereocenters. The molecule has 2 aliphatic rings. The fraction of sp³-hybridized carbons (Fsp3) is 0.300. The molecule has 1 N–H and O–H groups in total. The smallest absolute Gasteiger partial charge is 0.258 e. The second-order valence-corrected chi connectivity index (χ2v) is 9.54. The number of benzene rings is 3. The van der Waals surface area contributed by atoms with Crippen LogP contribution >= 0.6 is 0 Å². The largest absolute Gasteiger partial charge is 0.343 e. The molecular weight excluding hydrogens is 450 g/mol. The summed E-state index contributed by atoms with van der Waals surface area (Å²) in [7, 11) is 0. The summed E-state index contributed by atoms with van der Waals surface area (Å²) in [5, 5.41) is 2.99. The Morgan fingerprint density at radius 1 is 0.806 bits per heavy atom. The lowest BCUT2D eigenvalue weighted by Crippen LogP contribution is -2.41. The number of carbonyl (C=O) groups is 3. The number of piperidine rings is 1. The molecule has 0 spiro atoms. The van der Waals surface area contributed by atoms with Gasteiger partial charge >= 0.3 is 0 Å². The molecule has 36 heavy (non-hydrogen) atoms. The molecule has 0 aromatic heterocycles. The third-order valence-corrected chi connectivity index (χ3v) is 7.22. The number of rotatable bonds is 6. The van der Waals surface area contributed by atoms with E-state index >= 15 is 0 Å². The lowest BCUT2D eigenvalue weighted by Gasteiger charge is -2.31. The third kappa shape index (κ3) is 5.33. The molecule has 0 unspecified atom stereocenters. The van der Waals surface area contributed by atoms with Gasteiger partial charge in [0.05, 0.1) is 0 Å². The molecule has 0 bridgehead atoms. The highest BCUT2D eigenvalue weighted by Crippen LogP contribution is 2.29. The van der Waals surface area contributed by atoms with Gasteiger partial charge in [0.2, 0.25) is 11.8 Å². The maximum absolute atomic E-state index is 13.0. The first-order valence-corrected chi connectivity index (χ1v) is 12.7. The van der Waals surface area contributed by atoms with Crippen LogP contribution in [0.1, 0.15) is 40.7 Å². The van der Waals surface area contributed by atoms with E-state index < -0.39 is 0 Å². The van der Waals surface area contributed by atoms with Crippen molar-refractivity contribution in [3.8, 4) is 0 Å². The standard InChI is InChI=1S/C30H31N3O3/c34-28(15-10-22-6-2-1-3-7-22)32-19-16-24(17-20-32)29(35)31-26-13-11-25(12-14-26)30(36)33-21-18-23-8-4-5-9-27(23)33/h1-9,11-14,24H,10,15-21H2,(H,31,35). The summed E-state index contributed by atoms with van der Waals surface area (Å²) in [6.45, 7) is 1.90. The van der Waals surface area contributed by atoms with Crippen molar-refractivity contribution in [1.29, 1.82) is 0 Å². The van der Waals surface area contributed by atoms with Crippen molar-refractivity contribution in [3.63, 3.8) is 0 Å². The SMILES string of the molecule is O=C(Nc1ccc(C(=O)N2CCc3ccccc32)cc1)C1CCN(C(=O)CCc2ccccc2)CC1. The van der Waals surface area contributed by atoms with Crippen LogP contribution in [0.4, 0.5) is 11.4 Å². The van der Waals surface area contributed by atoms with Gasteiger partial charge in [-0.2, -0.15) is 0 Å². The molecule has 5 rings (SSSR count). The normalized spacial score (nSPS) is 15.4. The van der Waals surface area contributed by atoms with Crippen molar-refractivity contribution in [2.24, 2.45) is 5.92 Å². The molecule has 6 nitrogen and oxygen atoms in total. The number of likely N-dealkylation sites (tertiary alicyclic amines) is 1. The fourth-order valence-corrected chi connectivity index (χ4v) is 5.09. The van der Waals surface area contributed by atoms with Gasteiger partial charge in [-0.3, -0.25) is 14.4 Å². The molecule has 0 aliphatic carbocycles. The summed E-state index contributed by atoms with van der Waals surface area (Å²) in [6, 6.07) is 25.1. The molecule has 1 saturated heterocycles. The number of hydrogen-bond acceptors (Lipinski definition) is 3. The molecule has 0 saturated carbocycles. The summed E-state index contributed by atoms with van der Waals surface area (Å²) in [4.78, 5) is 42.1. The predicted octanol–water partition coefficient (Wildman–Crippen LogP) is 4.70. The Kier molecular flexibility index (Phi) is 7.12. The average molecular weight is 482 g/mol. The molecule has 3 aromatic rings. The first kappa shape index (κ1) is 23.8. The van der Waals surface area contributed by atoms with Gasteiger partial charge < -0.3 is 15.1 Å². The zero-order valence-corrected chi connectivity index (χ0v) is 20.4. The minimum absolute atomic E-state index is 0.0258. The van der Waals surface area contributed by atoms with Crippen LogP contribution in [0.2, 0.25) is 0 Å². The molecule has 6 heteroatoms. The van der Waals surface area contributed by atoms with E-state index in [9.17, 15) is 14.4 Å². The third-order valence-electron chi connectivity index (χ3n) is 7.22. The Labute approximate surface area is 211 Å². The zero-order valence-electron chi connectivity index (χ0n) is 20.4. The van der Waals surface area contributed by atoms with Crippen LogP contribution in [-0.4, -0.2) is 42.3 Å². The first-order chi connectivity index (χ1) is 17.6. The first-order valence-electron chi connectivity index (χ1n) is 12.7. The Bertz CT molecular complexity index is 1230. The highest BCUT2D eigenvalue weighted by molar-refractivity contribution is 6.07. The van der Waals surface area contributed by atoms with Gasteiger partial charge in [0, 0.05) is 48.9 Å². The van der Waals surface area contributed by atoms with Gasteiger partial charge in [-0.1, -0.05) is 48.5 Å². The van der Waals surface area contributed by atoms with Crippen molar-refractivity contribution in [1.82, 2.24) is 4.90 Å². The van der Waals surface area contributed by atoms with Crippen molar-refractivity contribution < 1.29 is 14.4 Å². The second-order valence-electron chi connectivity index (χ2n) is 9.54. The Hall–Kier alpha value is -3.93. The summed E-state index contributed by atoms with van der Waals surface area (Å²) in [6.07, 6.45) is 3.42. The maximum atomic E-state index is 13.0. The van der Waals surface area contributed by atoms with Crippen LogP contribution < -0.4 is 10.2 Å². The monoisotopic (exact) mass is 481 g/mol. The summed E-state index contributed by atoms with van der Waals surface area (Å²) in [5.74, 6) is -0.0229. The minimum Gasteiger partial charge on any atom is -0.343 e. The van der Waals surface area contributed by atoms with Gasteiger partial charge in [-0.05, 0) is 67.1 Å². The molecule has 184 valence electrons. The number of nitrogens with one attached hydrogen (secondary N) is 1. The number of amides is 3. The number of fused-ring (bicyclic) bond motifs is 1. The number of carbonyl (C=O) groups excluding carboxylic acids is 3. The van der Waals surface area contributed by atoms with E-state index in [-0.39, 0.29) is 23.6 Å². The quantitative estimate of drug-likeness (QED) is 0.555. The molecule has 2 aliphatic heterocycles. The van der Waals surface area contributed by atoms with Crippen LogP contribution in [0, 0.1) is 5.92 Å². The number of hydrogen-bond donors (Lipinski definition) is 1. The van der Waals surface area contributed by atoms with Crippen molar-refractivity contribution in [3.05, 3.63) is 95.6 Å². The zero-order chi connectivity index (χ0) is 24.9. The van der Waals surface area contributed by atoms with Crippen molar-refractivity contribution in [2.75, 3.05) is 29.9 Å². The van der Waals surface area contributed by atoms with Gasteiger partial charge in [0.1, 0.15) is 0 Å². The minimum atomic E-state index is -0.120. The molecule has 2 heterocycles. The topological polar surface area (TPSA) is 69.7 Å². The number of nitrogens with zero attached hydrogens (tertiary/aromatic N) is 2. The average Bonchev–Trinajstić information content (AvgIpc) is 3.36. The lowest BCUT2D eigenvalue weighted by molar-refractivity contribution is -0.134. The van der Waals surface area contributed by atoms with E-state index in [2.05, 4.69) is 11.4 Å². The Morgan fingerprint density at radius 2 is 1.50 bits per heavy atom. The van der Waals surface area contributed by atoms with Crippen LogP contribution in [-0.2, 0) is 22.4 Å². The van der Waals surface area contributed by atoms with Crippen LogP contribution in [0.15, 0.2) is 78.9 Å². The summed E-state index contributed by atoms with van der Waals surface area (Å²) >= 11 is 0. The fourth-order valence-electron chi connectivity index (χ4n) is 5.09. The van der Waals surface area contributed by atoms with Crippen LogP contribution in [0.25, 0.3) is 0 Å². The summed E-state index contributed by atoms with van der Waals surface area (Å²) < 4.78 is 0. The lowest BCUT2D eigenvalue weighted by atomic mass is 9.95. The predicted molar refractivity (Wildman–Crippen MR) is 141 cm³/mol. The Morgan fingerprint density at radius 3 is 2.25 bits per heavy atom. The molecular formula is C30H31N3O3. The Balaban J connectivity index is 1.10. The number of para-hydroxylation sites is 1. The van der Waals surface area contributed by atoms with Crippen LogP contribution in [0.3, 0.4) is 0 Å². The van der Waals surface area contributed by atoms with E-state index in [1.807, 2.05) is 58.3 Å². The number of aryl methyl sites for hydroxylation is 1. The molecule has 3 aromatic carbocycles. The van der Waals surface area contributed by atoms with Gasteiger partial charge in [-0.15, -0.1) is 0 Å². The number of anilines is 2. The van der Waals surface area contributed by atoms with E-state index in [4.69, 9.17) is 0 Å². The highest BCUT2D eigenvalue weighted by atomic mass is 16.2. The van der Waals surface area contributed by atoms with E-state index in [1.165, 1.54) is 5.56 Å². The summed E-state index contributed by atoms with van der Waals surface area (Å²) in [5.41, 5.74) is 4.62. The van der Waals surface area contributed by atoms with E-state index in [0.29, 0.717) is 50.1 Å². The maximum Gasteiger partial charge on any atom is 0.258 e. The van der Waals surface area contributed by atoms with E-state index in [1.54, 1.807) is 24.3 Å².